The molecule has 0 aliphatic rings. The van der Waals surface area contributed by atoms with Gasteiger partial charge in [-0.05, 0) is 66.4 Å². The van der Waals surface area contributed by atoms with Crippen LogP contribution >= 0.6 is 27.7 Å². The molecule has 0 heterocycles. The summed E-state index contributed by atoms with van der Waals surface area (Å²) in [5.41, 5.74) is 7.07. The first-order valence-electron chi connectivity index (χ1n) is 15.9. The molecule has 0 radical (unpaired) electrons. The van der Waals surface area contributed by atoms with E-state index in [4.69, 9.17) is 0 Å². The third-order valence-corrected chi connectivity index (χ3v) is 16.8. The predicted molar refractivity (Wildman–Crippen MR) is 203 cm³/mol. The molecule has 2 aromatic carbocycles. The molecule has 3 atom stereocenters. The van der Waals surface area contributed by atoms with Crippen LogP contribution in [0.1, 0.15) is 141 Å². The van der Waals surface area contributed by atoms with Gasteiger partial charge in [-0.1, -0.05) is 161 Å². The lowest BCUT2D eigenvalue weighted by Gasteiger charge is -2.57. The van der Waals surface area contributed by atoms with E-state index in [1.54, 1.807) is 0 Å². The predicted octanol–water partition coefficient (Wildman–Crippen LogP) is 12.8. The summed E-state index contributed by atoms with van der Waals surface area (Å²) in [5.74, 6) is 0. The van der Waals surface area contributed by atoms with E-state index in [9.17, 15) is 0 Å². The average Bonchev–Trinajstić information content (AvgIpc) is 2.77. The van der Waals surface area contributed by atoms with Gasteiger partial charge in [0.25, 0.3) is 0 Å². The SMILES string of the molecule is CC(C)(C)C(P)(c1ccc(-c2ccc(C(P)(C(C)(C)C)C(C)(C)C)c(C(P)(C(C)(C)C)C(C)(C)C)c2)cc1)C(C)(C)C. The highest BCUT2D eigenvalue weighted by Gasteiger charge is 2.55. The molecule has 0 N–H and O–H groups in total. The second kappa shape index (κ2) is 11.2. The van der Waals surface area contributed by atoms with Crippen molar-refractivity contribution < 1.29 is 0 Å². The first kappa shape index (κ1) is 37.9. The van der Waals surface area contributed by atoms with Crippen LogP contribution < -0.4 is 0 Å². The Kier molecular flexibility index (Phi) is 10.1. The molecule has 0 aromatic heterocycles. The molecule has 0 saturated carbocycles. The van der Waals surface area contributed by atoms with Gasteiger partial charge in [0.15, 0.2) is 0 Å². The van der Waals surface area contributed by atoms with Crippen molar-refractivity contribution in [1.82, 2.24) is 0 Å². The molecule has 2 aromatic rings. The number of benzene rings is 2. The lowest BCUT2D eigenvalue weighted by molar-refractivity contribution is 0.118. The average molecular weight is 629 g/mol. The van der Waals surface area contributed by atoms with Crippen LogP contribution in [-0.4, -0.2) is 0 Å². The highest BCUT2D eigenvalue weighted by molar-refractivity contribution is 7.19. The maximum absolute atomic E-state index is 3.39. The molecular weight excluding hydrogens is 561 g/mol. The van der Waals surface area contributed by atoms with E-state index in [1.807, 2.05) is 0 Å². The summed E-state index contributed by atoms with van der Waals surface area (Å²) < 4.78 is 0. The van der Waals surface area contributed by atoms with Gasteiger partial charge in [-0.2, -0.15) is 0 Å². The number of hydrogen-bond donors (Lipinski definition) is 0. The van der Waals surface area contributed by atoms with Gasteiger partial charge in [-0.15, -0.1) is 27.7 Å². The molecule has 0 aliphatic heterocycles. The van der Waals surface area contributed by atoms with Gasteiger partial charge in [0.05, 0.1) is 0 Å². The quantitative estimate of drug-likeness (QED) is 0.296. The van der Waals surface area contributed by atoms with Crippen LogP contribution in [0, 0.1) is 32.5 Å². The molecule has 238 valence electrons. The largest absolute Gasteiger partial charge is 0.125 e. The maximum Gasteiger partial charge on any atom is 0.0197 e. The van der Waals surface area contributed by atoms with Gasteiger partial charge in [0.1, 0.15) is 0 Å². The van der Waals surface area contributed by atoms with E-state index in [-0.39, 0.29) is 48.0 Å². The molecule has 3 unspecified atom stereocenters. The van der Waals surface area contributed by atoms with Gasteiger partial charge in [-0.25, -0.2) is 0 Å². The summed E-state index contributed by atoms with van der Waals surface area (Å²) in [5, 5.41) is -0.370. The van der Waals surface area contributed by atoms with Gasteiger partial charge in [0.2, 0.25) is 0 Å². The van der Waals surface area contributed by atoms with Gasteiger partial charge >= 0.3 is 0 Å². The highest BCUT2D eigenvalue weighted by Crippen LogP contribution is 2.65. The lowest BCUT2D eigenvalue weighted by atomic mass is 9.56. The molecule has 0 spiro atoms. The normalized spacial score (nSPS) is 15.3. The third kappa shape index (κ3) is 6.11. The summed E-state index contributed by atoms with van der Waals surface area (Å²) in [4.78, 5) is 0. The van der Waals surface area contributed by atoms with Crippen molar-refractivity contribution in [2.45, 2.75) is 140 Å². The van der Waals surface area contributed by atoms with Crippen molar-refractivity contribution in [3.8, 4) is 11.1 Å². The third-order valence-electron chi connectivity index (χ3n) is 10.6. The van der Waals surface area contributed by atoms with Crippen LogP contribution in [0.4, 0.5) is 0 Å². The number of hydrogen-bond acceptors (Lipinski definition) is 0. The van der Waals surface area contributed by atoms with Crippen LogP contribution in [0.2, 0.25) is 0 Å². The van der Waals surface area contributed by atoms with Crippen molar-refractivity contribution in [2.24, 2.45) is 32.5 Å². The summed E-state index contributed by atoms with van der Waals surface area (Å²) in [7, 11) is 10.0. The fraction of sp³-hybridized carbons (Fsp3) is 0.692. The van der Waals surface area contributed by atoms with Crippen molar-refractivity contribution in [3.05, 3.63) is 59.2 Å². The van der Waals surface area contributed by atoms with Crippen molar-refractivity contribution in [2.75, 3.05) is 0 Å². The van der Waals surface area contributed by atoms with Crippen LogP contribution in [0.3, 0.4) is 0 Å². The Balaban J connectivity index is 3.02. The smallest absolute Gasteiger partial charge is 0.0197 e. The van der Waals surface area contributed by atoms with Crippen molar-refractivity contribution >= 4 is 27.7 Å². The summed E-state index contributed by atoms with van der Waals surface area (Å²) >= 11 is 0. The summed E-state index contributed by atoms with van der Waals surface area (Å²) in [6.07, 6.45) is 0. The van der Waals surface area contributed by atoms with Crippen LogP contribution in [0.15, 0.2) is 42.5 Å². The molecule has 2 rings (SSSR count). The molecule has 0 amide bonds. The Bertz CT molecular complexity index is 1200. The Morgan fingerprint density at radius 2 is 0.619 bits per heavy atom. The van der Waals surface area contributed by atoms with Crippen molar-refractivity contribution in [1.29, 1.82) is 0 Å². The van der Waals surface area contributed by atoms with E-state index in [1.165, 1.54) is 27.8 Å². The zero-order chi connectivity index (χ0) is 33.3. The van der Waals surface area contributed by atoms with Crippen molar-refractivity contribution in [3.63, 3.8) is 0 Å². The van der Waals surface area contributed by atoms with Gasteiger partial charge in [0, 0.05) is 15.5 Å². The van der Waals surface area contributed by atoms with E-state index in [0.717, 1.165) is 0 Å². The Labute approximate surface area is 269 Å². The van der Waals surface area contributed by atoms with E-state index in [0.29, 0.717) is 0 Å². The number of rotatable bonds is 4. The van der Waals surface area contributed by atoms with Crippen LogP contribution in [0.5, 0.6) is 0 Å². The molecule has 0 fully saturated rings. The topological polar surface area (TPSA) is 0 Å². The van der Waals surface area contributed by atoms with E-state index in [2.05, 4.69) is 195 Å². The zero-order valence-corrected chi connectivity index (χ0v) is 34.2. The summed E-state index contributed by atoms with van der Waals surface area (Å²) in [6, 6.07) is 16.8. The molecule has 0 saturated heterocycles. The standard InChI is InChI=1S/C39H67P3/c1-31(2,3)37(40,32(4,5)6)28-22-19-26(20-23-28)27-21-24-29(38(41,33(7,8)9)34(10,11)12)30(25-27)39(42,35(13,14)15)36(16,17)18/h19-25H,40-42H2,1-18H3. The first-order chi connectivity index (χ1) is 18.3. The van der Waals surface area contributed by atoms with Gasteiger partial charge in [-0.3, -0.25) is 0 Å². The second-order valence-corrected chi connectivity index (χ2v) is 21.9. The summed E-state index contributed by atoms with van der Waals surface area (Å²) in [6.45, 7) is 43.0. The van der Waals surface area contributed by atoms with Crippen LogP contribution in [-0.2, 0) is 15.5 Å². The Hall–Kier alpha value is -0.270. The minimum Gasteiger partial charge on any atom is -0.125 e. The monoisotopic (exact) mass is 628 g/mol. The van der Waals surface area contributed by atoms with E-state index < -0.39 is 0 Å². The van der Waals surface area contributed by atoms with Crippen LogP contribution in [0.25, 0.3) is 11.1 Å². The highest BCUT2D eigenvalue weighted by atomic mass is 31.0. The Morgan fingerprint density at radius 1 is 0.333 bits per heavy atom. The lowest BCUT2D eigenvalue weighted by Crippen LogP contribution is -2.50. The molecule has 0 bridgehead atoms. The zero-order valence-electron chi connectivity index (χ0n) is 30.8. The molecular formula is C39H67P3. The Morgan fingerprint density at radius 3 is 0.929 bits per heavy atom. The van der Waals surface area contributed by atoms with E-state index >= 15 is 0 Å². The fourth-order valence-corrected chi connectivity index (χ4v) is 8.86. The minimum atomic E-state index is -0.169. The minimum absolute atomic E-state index is 0.00689. The molecule has 42 heavy (non-hydrogen) atoms. The fourth-order valence-electron chi connectivity index (χ4n) is 8.18. The second-order valence-electron chi connectivity index (χ2n) is 19.3. The molecule has 0 nitrogen and oxygen atoms in total. The maximum atomic E-state index is 3.39. The molecule has 0 aliphatic carbocycles. The van der Waals surface area contributed by atoms with Gasteiger partial charge < -0.3 is 0 Å². The molecule has 3 heteroatoms. The first-order valence-corrected chi connectivity index (χ1v) is 17.7.